The molecule has 1 unspecified atom stereocenters. The molecule has 0 aromatic carbocycles. The Morgan fingerprint density at radius 1 is 1.42 bits per heavy atom. The van der Waals surface area contributed by atoms with Crippen LogP contribution in [-0.2, 0) is 11.3 Å². The van der Waals surface area contributed by atoms with Crippen molar-refractivity contribution < 1.29 is 9.21 Å². The van der Waals surface area contributed by atoms with Crippen LogP contribution in [0.3, 0.4) is 0 Å². The summed E-state index contributed by atoms with van der Waals surface area (Å²) in [6.07, 6.45) is 5.32. The summed E-state index contributed by atoms with van der Waals surface area (Å²) in [6, 6.07) is 7.82. The van der Waals surface area contributed by atoms with Crippen molar-refractivity contribution >= 4 is 16.9 Å². The number of hydrogen-bond donors (Lipinski definition) is 2. The third-order valence-corrected chi connectivity index (χ3v) is 4.74. The summed E-state index contributed by atoms with van der Waals surface area (Å²) < 4.78 is 5.59. The van der Waals surface area contributed by atoms with Gasteiger partial charge in [-0.15, -0.1) is 0 Å². The van der Waals surface area contributed by atoms with E-state index in [1.54, 1.807) is 12.5 Å². The van der Waals surface area contributed by atoms with Crippen LogP contribution in [0, 0.1) is 5.92 Å². The number of piperidine rings is 1. The number of nitrogens with zero attached hydrogens (tertiary/aromatic N) is 2. The Kier molecular flexibility index (Phi) is 3.82. The first-order valence-electron chi connectivity index (χ1n) is 8.23. The van der Waals surface area contributed by atoms with Gasteiger partial charge in [0.05, 0.1) is 17.9 Å². The lowest BCUT2D eigenvalue weighted by atomic mass is 9.97. The van der Waals surface area contributed by atoms with Gasteiger partial charge in [-0.1, -0.05) is 0 Å². The SMILES string of the molecule is NC(=O)C1CCCN(Cc2c(-c3ccco3)[nH]c3ncccc23)C1. The highest BCUT2D eigenvalue weighted by Crippen LogP contribution is 2.31. The van der Waals surface area contributed by atoms with Gasteiger partial charge < -0.3 is 15.1 Å². The number of hydrogen-bond acceptors (Lipinski definition) is 4. The maximum atomic E-state index is 11.5. The maximum absolute atomic E-state index is 11.5. The Labute approximate surface area is 139 Å². The van der Waals surface area contributed by atoms with Gasteiger partial charge in [0.25, 0.3) is 0 Å². The molecular formula is C18H20N4O2. The molecule has 1 aliphatic heterocycles. The molecule has 3 aromatic rings. The van der Waals surface area contributed by atoms with Crippen molar-refractivity contribution in [1.29, 1.82) is 0 Å². The molecule has 4 rings (SSSR count). The fourth-order valence-corrected chi connectivity index (χ4v) is 3.53. The molecule has 3 aromatic heterocycles. The van der Waals surface area contributed by atoms with Gasteiger partial charge in [-0.25, -0.2) is 4.98 Å². The first kappa shape index (κ1) is 15.0. The molecule has 1 saturated heterocycles. The van der Waals surface area contributed by atoms with Crippen molar-refractivity contribution in [1.82, 2.24) is 14.9 Å². The Balaban J connectivity index is 1.70. The van der Waals surface area contributed by atoms with Crippen molar-refractivity contribution in [3.05, 3.63) is 42.3 Å². The molecule has 1 amide bonds. The highest BCUT2D eigenvalue weighted by atomic mass is 16.3. The van der Waals surface area contributed by atoms with E-state index in [-0.39, 0.29) is 11.8 Å². The number of aromatic nitrogens is 2. The molecule has 124 valence electrons. The molecule has 0 radical (unpaired) electrons. The lowest BCUT2D eigenvalue weighted by Crippen LogP contribution is -2.40. The van der Waals surface area contributed by atoms with E-state index in [1.165, 1.54) is 0 Å². The number of likely N-dealkylation sites (tertiary alicyclic amines) is 1. The Hall–Kier alpha value is -2.60. The summed E-state index contributed by atoms with van der Waals surface area (Å²) in [5, 5.41) is 1.09. The van der Waals surface area contributed by atoms with E-state index in [0.717, 1.165) is 54.0 Å². The monoisotopic (exact) mass is 324 g/mol. The molecule has 0 spiro atoms. The molecule has 6 heteroatoms. The van der Waals surface area contributed by atoms with E-state index in [2.05, 4.69) is 20.9 Å². The number of nitrogens with one attached hydrogen (secondary N) is 1. The predicted molar refractivity (Wildman–Crippen MR) is 91.0 cm³/mol. The third kappa shape index (κ3) is 2.69. The number of amides is 1. The average molecular weight is 324 g/mol. The Morgan fingerprint density at radius 2 is 2.33 bits per heavy atom. The van der Waals surface area contributed by atoms with Gasteiger partial charge in [-0.2, -0.15) is 0 Å². The van der Waals surface area contributed by atoms with Crippen LogP contribution < -0.4 is 5.73 Å². The number of nitrogens with two attached hydrogens (primary N) is 1. The highest BCUT2D eigenvalue weighted by Gasteiger charge is 2.26. The second kappa shape index (κ2) is 6.13. The second-order valence-corrected chi connectivity index (χ2v) is 6.33. The van der Waals surface area contributed by atoms with Crippen molar-refractivity contribution in [3.8, 4) is 11.5 Å². The summed E-state index contributed by atoms with van der Waals surface area (Å²) in [4.78, 5) is 21.6. The molecule has 1 fully saturated rings. The zero-order valence-electron chi connectivity index (χ0n) is 13.4. The standard InChI is InChI=1S/C18H20N4O2/c19-17(23)12-4-2-8-22(10-12)11-14-13-5-1-7-20-18(13)21-16(14)15-6-3-9-24-15/h1,3,5-7,9,12H,2,4,8,10-11H2,(H2,19,23)(H,20,21). The maximum Gasteiger partial charge on any atom is 0.221 e. The number of aromatic amines is 1. The molecule has 0 aliphatic carbocycles. The number of primary amides is 1. The lowest BCUT2D eigenvalue weighted by Gasteiger charge is -2.31. The number of rotatable bonds is 4. The van der Waals surface area contributed by atoms with Gasteiger partial charge in [-0.05, 0) is 43.7 Å². The first-order chi connectivity index (χ1) is 11.7. The first-order valence-corrected chi connectivity index (χ1v) is 8.23. The second-order valence-electron chi connectivity index (χ2n) is 6.33. The van der Waals surface area contributed by atoms with E-state index >= 15 is 0 Å². The van der Waals surface area contributed by atoms with Crippen molar-refractivity contribution in [3.63, 3.8) is 0 Å². The van der Waals surface area contributed by atoms with Crippen LogP contribution in [0.25, 0.3) is 22.5 Å². The quantitative estimate of drug-likeness (QED) is 0.772. The van der Waals surface area contributed by atoms with Crippen LogP contribution in [0.5, 0.6) is 0 Å². The molecule has 0 bridgehead atoms. The van der Waals surface area contributed by atoms with Gasteiger partial charge in [0.1, 0.15) is 11.4 Å². The average Bonchev–Trinajstić information content (AvgIpc) is 3.23. The number of H-pyrrole nitrogens is 1. The van der Waals surface area contributed by atoms with Crippen LogP contribution in [0.1, 0.15) is 18.4 Å². The topological polar surface area (TPSA) is 88.2 Å². The van der Waals surface area contributed by atoms with Crippen molar-refractivity contribution in [2.24, 2.45) is 11.7 Å². The molecule has 3 N–H and O–H groups in total. The molecular weight excluding hydrogens is 304 g/mol. The summed E-state index contributed by atoms with van der Waals surface area (Å²) in [5.41, 5.74) is 8.46. The van der Waals surface area contributed by atoms with Crippen molar-refractivity contribution in [2.75, 3.05) is 13.1 Å². The summed E-state index contributed by atoms with van der Waals surface area (Å²) in [5.74, 6) is 0.534. The van der Waals surface area contributed by atoms with Crippen LogP contribution >= 0.6 is 0 Å². The highest BCUT2D eigenvalue weighted by molar-refractivity contribution is 5.87. The molecule has 1 aliphatic rings. The normalized spacial score (nSPS) is 18.9. The lowest BCUT2D eigenvalue weighted by molar-refractivity contribution is -0.123. The van der Waals surface area contributed by atoms with Crippen molar-refractivity contribution in [2.45, 2.75) is 19.4 Å². The Morgan fingerprint density at radius 3 is 3.12 bits per heavy atom. The zero-order chi connectivity index (χ0) is 16.5. The fraction of sp³-hybridized carbons (Fsp3) is 0.333. The largest absolute Gasteiger partial charge is 0.463 e. The minimum absolute atomic E-state index is 0.0610. The molecule has 24 heavy (non-hydrogen) atoms. The summed E-state index contributed by atoms with van der Waals surface area (Å²) in [7, 11) is 0. The van der Waals surface area contributed by atoms with Crippen LogP contribution in [0.15, 0.2) is 41.1 Å². The van der Waals surface area contributed by atoms with Gasteiger partial charge in [0.15, 0.2) is 0 Å². The summed E-state index contributed by atoms with van der Waals surface area (Å²) >= 11 is 0. The zero-order valence-corrected chi connectivity index (χ0v) is 13.4. The number of pyridine rings is 1. The number of furan rings is 1. The minimum Gasteiger partial charge on any atom is -0.463 e. The van der Waals surface area contributed by atoms with Crippen LogP contribution in [-0.4, -0.2) is 33.9 Å². The van der Waals surface area contributed by atoms with Crippen LogP contribution in [0.4, 0.5) is 0 Å². The predicted octanol–water partition coefficient (Wildman–Crippen LogP) is 2.52. The number of carbonyl (C=O) groups is 1. The summed E-state index contributed by atoms with van der Waals surface area (Å²) in [6.45, 7) is 2.42. The van der Waals surface area contributed by atoms with Gasteiger partial charge in [0.2, 0.25) is 5.91 Å². The smallest absolute Gasteiger partial charge is 0.221 e. The van der Waals surface area contributed by atoms with E-state index in [4.69, 9.17) is 10.2 Å². The van der Waals surface area contributed by atoms with E-state index in [0.29, 0.717) is 6.54 Å². The number of carbonyl (C=O) groups excluding carboxylic acids is 1. The third-order valence-electron chi connectivity index (χ3n) is 4.74. The fourth-order valence-electron chi connectivity index (χ4n) is 3.53. The van der Waals surface area contributed by atoms with E-state index in [1.807, 2.05) is 18.2 Å². The number of fused-ring (bicyclic) bond motifs is 1. The van der Waals surface area contributed by atoms with Crippen LogP contribution in [0.2, 0.25) is 0 Å². The van der Waals surface area contributed by atoms with E-state index < -0.39 is 0 Å². The Bertz CT molecular complexity index is 853. The van der Waals surface area contributed by atoms with E-state index in [9.17, 15) is 4.79 Å². The molecule has 1 atom stereocenters. The van der Waals surface area contributed by atoms with Gasteiger partial charge in [0, 0.05) is 30.2 Å². The molecule has 6 nitrogen and oxygen atoms in total. The minimum atomic E-state index is -0.202. The van der Waals surface area contributed by atoms with Gasteiger partial charge >= 0.3 is 0 Å². The molecule has 4 heterocycles. The van der Waals surface area contributed by atoms with Gasteiger partial charge in [-0.3, -0.25) is 9.69 Å². The molecule has 0 saturated carbocycles.